The molecule has 0 saturated carbocycles. The molecule has 0 aliphatic heterocycles. The number of benzene rings is 2. The van der Waals surface area contributed by atoms with Gasteiger partial charge in [-0.1, -0.05) is 48.0 Å². The fourth-order valence-corrected chi connectivity index (χ4v) is 4.59. The lowest BCUT2D eigenvalue weighted by Crippen LogP contribution is -2.47. The van der Waals surface area contributed by atoms with Crippen molar-refractivity contribution >= 4 is 27.5 Å². The van der Waals surface area contributed by atoms with E-state index < -0.39 is 22.0 Å². The molecule has 1 amide bonds. The van der Waals surface area contributed by atoms with E-state index in [2.05, 4.69) is 15.0 Å². The van der Waals surface area contributed by atoms with Crippen molar-refractivity contribution in [2.24, 2.45) is 0 Å². The van der Waals surface area contributed by atoms with Gasteiger partial charge in [-0.05, 0) is 41.8 Å². The molecule has 0 fully saturated rings. The van der Waals surface area contributed by atoms with Crippen LogP contribution in [0.3, 0.4) is 0 Å². The van der Waals surface area contributed by atoms with E-state index in [4.69, 9.17) is 16.3 Å². The second-order valence-electron chi connectivity index (χ2n) is 6.74. The van der Waals surface area contributed by atoms with E-state index in [1.165, 1.54) is 25.3 Å². The zero-order valence-electron chi connectivity index (χ0n) is 16.8. The Hall–Kier alpha value is -2.94. The summed E-state index contributed by atoms with van der Waals surface area (Å²) in [7, 11) is -2.74. The van der Waals surface area contributed by atoms with Gasteiger partial charge in [-0.15, -0.1) is 0 Å². The normalized spacial score (nSPS) is 12.2. The number of methoxy groups -OCH3 is 1. The summed E-state index contributed by atoms with van der Waals surface area (Å²) in [6.45, 7) is 0.222. The highest BCUT2D eigenvalue weighted by Gasteiger charge is 2.28. The minimum Gasteiger partial charge on any atom is -0.495 e. The molecule has 31 heavy (non-hydrogen) atoms. The summed E-state index contributed by atoms with van der Waals surface area (Å²) in [4.78, 5) is 16.8. The summed E-state index contributed by atoms with van der Waals surface area (Å²) in [6.07, 6.45) is 3.44. The lowest BCUT2D eigenvalue weighted by atomic mass is 10.1. The highest BCUT2D eigenvalue weighted by Crippen LogP contribution is 2.27. The van der Waals surface area contributed by atoms with Crippen molar-refractivity contribution in [1.29, 1.82) is 0 Å². The fraction of sp³-hybridized carbons (Fsp3) is 0.182. The minimum absolute atomic E-state index is 0.131. The van der Waals surface area contributed by atoms with Gasteiger partial charge in [-0.3, -0.25) is 9.78 Å². The van der Waals surface area contributed by atoms with E-state index in [1.54, 1.807) is 18.5 Å². The molecule has 2 aromatic carbocycles. The molecule has 0 saturated heterocycles. The highest BCUT2D eigenvalue weighted by atomic mass is 35.5. The number of nitrogens with one attached hydrogen (secondary N) is 2. The van der Waals surface area contributed by atoms with Gasteiger partial charge in [0, 0.05) is 24.0 Å². The van der Waals surface area contributed by atoms with E-state index in [-0.39, 0.29) is 28.6 Å². The average molecular weight is 460 g/mol. The van der Waals surface area contributed by atoms with Gasteiger partial charge in [0.25, 0.3) is 0 Å². The van der Waals surface area contributed by atoms with Crippen LogP contribution >= 0.6 is 11.6 Å². The molecule has 7 nitrogen and oxygen atoms in total. The van der Waals surface area contributed by atoms with Crippen LogP contribution in [0.5, 0.6) is 5.75 Å². The number of ether oxygens (including phenoxy) is 1. The Morgan fingerprint density at radius 1 is 1.10 bits per heavy atom. The standard InChI is InChI=1S/C22H22ClN3O4S/c1-30-20-10-9-18(23)13-21(20)31(28,29)26-19(12-16-6-3-2-4-7-16)22(27)25-15-17-8-5-11-24-14-17/h2-11,13-14,19,26H,12,15H2,1H3,(H,25,27)/t19-/m0/s1. The number of rotatable bonds is 9. The van der Waals surface area contributed by atoms with Gasteiger partial charge in [0.15, 0.2) is 0 Å². The van der Waals surface area contributed by atoms with Crippen LogP contribution in [0.4, 0.5) is 0 Å². The number of amides is 1. The SMILES string of the molecule is COc1ccc(Cl)cc1S(=O)(=O)N[C@@H](Cc1ccccc1)C(=O)NCc1cccnc1. The number of carbonyl (C=O) groups excluding carboxylic acids is 1. The predicted molar refractivity (Wildman–Crippen MR) is 118 cm³/mol. The largest absolute Gasteiger partial charge is 0.495 e. The Bertz CT molecular complexity index is 1130. The van der Waals surface area contributed by atoms with Crippen molar-refractivity contribution < 1.29 is 17.9 Å². The highest BCUT2D eigenvalue weighted by molar-refractivity contribution is 7.89. The second-order valence-corrected chi connectivity index (χ2v) is 8.86. The summed E-state index contributed by atoms with van der Waals surface area (Å²) >= 11 is 5.99. The van der Waals surface area contributed by atoms with Crippen LogP contribution in [-0.2, 0) is 27.8 Å². The van der Waals surface area contributed by atoms with Crippen molar-refractivity contribution in [2.75, 3.05) is 7.11 Å². The molecule has 1 aromatic heterocycles. The maximum absolute atomic E-state index is 13.1. The molecule has 3 aromatic rings. The first-order chi connectivity index (χ1) is 14.9. The Morgan fingerprint density at radius 3 is 2.52 bits per heavy atom. The molecule has 0 aliphatic rings. The van der Waals surface area contributed by atoms with Crippen LogP contribution < -0.4 is 14.8 Å². The Labute approximate surface area is 186 Å². The number of pyridine rings is 1. The molecule has 0 spiro atoms. The molecule has 9 heteroatoms. The molecule has 2 N–H and O–H groups in total. The third kappa shape index (κ3) is 6.27. The summed E-state index contributed by atoms with van der Waals surface area (Å²) in [5.74, 6) is -0.330. The van der Waals surface area contributed by atoms with Crippen LogP contribution in [-0.4, -0.2) is 32.5 Å². The van der Waals surface area contributed by atoms with Crippen molar-refractivity contribution in [1.82, 2.24) is 15.0 Å². The maximum Gasteiger partial charge on any atom is 0.245 e. The van der Waals surface area contributed by atoms with E-state index >= 15 is 0 Å². The maximum atomic E-state index is 13.1. The van der Waals surface area contributed by atoms with Gasteiger partial charge in [0.1, 0.15) is 16.7 Å². The van der Waals surface area contributed by atoms with Gasteiger partial charge >= 0.3 is 0 Å². The molecular formula is C22H22ClN3O4S. The van der Waals surface area contributed by atoms with Crippen LogP contribution in [0, 0.1) is 0 Å². The summed E-state index contributed by atoms with van der Waals surface area (Å²) in [5, 5.41) is 3.01. The summed E-state index contributed by atoms with van der Waals surface area (Å²) in [6, 6.07) is 16.0. The molecule has 0 radical (unpaired) electrons. The molecule has 3 rings (SSSR count). The van der Waals surface area contributed by atoms with Gasteiger partial charge in [-0.25, -0.2) is 8.42 Å². The molecule has 0 unspecified atom stereocenters. The quantitative estimate of drug-likeness (QED) is 0.512. The molecule has 162 valence electrons. The third-order valence-electron chi connectivity index (χ3n) is 4.50. The van der Waals surface area contributed by atoms with E-state index in [9.17, 15) is 13.2 Å². The monoisotopic (exact) mass is 459 g/mol. The molecule has 0 bridgehead atoms. The zero-order valence-corrected chi connectivity index (χ0v) is 18.4. The van der Waals surface area contributed by atoms with E-state index in [0.29, 0.717) is 0 Å². The lowest BCUT2D eigenvalue weighted by Gasteiger charge is -2.20. The smallest absolute Gasteiger partial charge is 0.245 e. The van der Waals surface area contributed by atoms with Crippen molar-refractivity contribution in [3.8, 4) is 5.75 Å². The van der Waals surface area contributed by atoms with Gasteiger partial charge < -0.3 is 10.1 Å². The van der Waals surface area contributed by atoms with Crippen LogP contribution in [0.25, 0.3) is 0 Å². The van der Waals surface area contributed by atoms with Crippen LogP contribution in [0.1, 0.15) is 11.1 Å². The topological polar surface area (TPSA) is 97.4 Å². The number of halogens is 1. The van der Waals surface area contributed by atoms with Crippen LogP contribution in [0.2, 0.25) is 5.02 Å². The number of carbonyl (C=O) groups is 1. The van der Waals surface area contributed by atoms with Gasteiger partial charge in [0.2, 0.25) is 15.9 Å². The Morgan fingerprint density at radius 2 is 1.84 bits per heavy atom. The van der Waals surface area contributed by atoms with Gasteiger partial charge in [0.05, 0.1) is 7.11 Å². The number of nitrogens with zero attached hydrogens (tertiary/aromatic N) is 1. The summed E-state index contributed by atoms with van der Waals surface area (Å²) in [5.41, 5.74) is 1.61. The van der Waals surface area contributed by atoms with Crippen molar-refractivity contribution in [3.05, 3.63) is 89.2 Å². The first-order valence-corrected chi connectivity index (χ1v) is 11.3. The lowest BCUT2D eigenvalue weighted by molar-refractivity contribution is -0.122. The number of hydrogen-bond donors (Lipinski definition) is 2. The molecular weight excluding hydrogens is 438 g/mol. The first-order valence-electron chi connectivity index (χ1n) is 9.45. The number of sulfonamides is 1. The first kappa shape index (κ1) is 22.7. The molecule has 1 atom stereocenters. The van der Waals surface area contributed by atoms with E-state index in [1.807, 2.05) is 36.4 Å². The molecule has 1 heterocycles. The second kappa shape index (κ2) is 10.4. The third-order valence-corrected chi connectivity index (χ3v) is 6.23. The van der Waals surface area contributed by atoms with Crippen molar-refractivity contribution in [2.45, 2.75) is 23.9 Å². The van der Waals surface area contributed by atoms with Gasteiger partial charge in [-0.2, -0.15) is 4.72 Å². The number of aromatic nitrogens is 1. The molecule has 0 aliphatic carbocycles. The Kier molecular flexibility index (Phi) is 7.62. The minimum atomic E-state index is -4.11. The zero-order chi connectivity index (χ0) is 22.3. The predicted octanol–water partition coefficient (Wildman–Crippen LogP) is 2.95. The number of hydrogen-bond acceptors (Lipinski definition) is 5. The van der Waals surface area contributed by atoms with Crippen LogP contribution in [0.15, 0.2) is 78.0 Å². The van der Waals surface area contributed by atoms with Crippen molar-refractivity contribution in [3.63, 3.8) is 0 Å². The average Bonchev–Trinajstić information content (AvgIpc) is 2.78. The summed E-state index contributed by atoms with van der Waals surface area (Å²) < 4.78 is 33.9. The Balaban J connectivity index is 1.85. The van der Waals surface area contributed by atoms with E-state index in [0.717, 1.165) is 11.1 Å². The fourth-order valence-electron chi connectivity index (χ4n) is 2.96.